The number of anilines is 1. The Morgan fingerprint density at radius 3 is 2.77 bits per heavy atom. The van der Waals surface area contributed by atoms with E-state index in [4.69, 9.17) is 22.1 Å². The van der Waals surface area contributed by atoms with Crippen LogP contribution in [0.15, 0.2) is 53.4 Å². The SMILES string of the molecule is O=C(O)COc1cccc(C=C2SC(=S)N(c3ccccc3F)C2=O)c1. The molecular formula is C18H12FNO4S2. The van der Waals surface area contributed by atoms with Gasteiger partial charge in [-0.1, -0.05) is 48.2 Å². The molecule has 0 saturated carbocycles. The Morgan fingerprint density at radius 1 is 1.27 bits per heavy atom. The van der Waals surface area contributed by atoms with Crippen molar-refractivity contribution in [2.24, 2.45) is 0 Å². The van der Waals surface area contributed by atoms with Gasteiger partial charge in [0.2, 0.25) is 0 Å². The number of hydrogen-bond acceptors (Lipinski definition) is 5. The molecule has 1 fully saturated rings. The van der Waals surface area contributed by atoms with Gasteiger partial charge in [-0.05, 0) is 35.9 Å². The number of carboxylic acid groups (broad SMARTS) is 1. The zero-order valence-electron chi connectivity index (χ0n) is 13.2. The third-order valence-electron chi connectivity index (χ3n) is 3.41. The molecule has 26 heavy (non-hydrogen) atoms. The fourth-order valence-corrected chi connectivity index (χ4v) is 3.58. The van der Waals surface area contributed by atoms with Gasteiger partial charge in [0, 0.05) is 0 Å². The molecule has 132 valence electrons. The molecule has 2 aromatic rings. The maximum atomic E-state index is 14.0. The highest BCUT2D eigenvalue weighted by Gasteiger charge is 2.34. The lowest BCUT2D eigenvalue weighted by atomic mass is 10.2. The highest BCUT2D eigenvalue weighted by molar-refractivity contribution is 8.27. The second-order valence-corrected chi connectivity index (χ2v) is 6.90. The maximum absolute atomic E-state index is 14.0. The average molecular weight is 389 g/mol. The quantitative estimate of drug-likeness (QED) is 0.621. The third kappa shape index (κ3) is 3.92. The zero-order chi connectivity index (χ0) is 18.7. The van der Waals surface area contributed by atoms with Gasteiger partial charge in [0.1, 0.15) is 11.6 Å². The molecular weight excluding hydrogens is 377 g/mol. The second kappa shape index (κ2) is 7.67. The number of thiocarbonyl (C=S) groups is 1. The summed E-state index contributed by atoms with van der Waals surface area (Å²) in [6.45, 7) is -0.459. The number of hydrogen-bond donors (Lipinski definition) is 1. The lowest BCUT2D eigenvalue weighted by molar-refractivity contribution is -0.139. The molecule has 0 atom stereocenters. The van der Waals surface area contributed by atoms with E-state index in [0.29, 0.717) is 16.2 Å². The van der Waals surface area contributed by atoms with Crippen LogP contribution in [0.1, 0.15) is 5.56 Å². The third-order valence-corrected chi connectivity index (χ3v) is 4.71. The number of ether oxygens (including phenoxy) is 1. The highest BCUT2D eigenvalue weighted by Crippen LogP contribution is 2.37. The van der Waals surface area contributed by atoms with E-state index < -0.39 is 24.3 Å². The molecule has 1 amide bonds. The first-order valence-corrected chi connectivity index (χ1v) is 8.65. The molecule has 0 radical (unpaired) electrons. The van der Waals surface area contributed by atoms with Crippen LogP contribution in [-0.4, -0.2) is 27.9 Å². The minimum absolute atomic E-state index is 0.108. The molecule has 0 aliphatic carbocycles. The van der Waals surface area contributed by atoms with Crippen LogP contribution in [0.3, 0.4) is 0 Å². The summed E-state index contributed by atoms with van der Waals surface area (Å²) in [4.78, 5) is 24.7. The van der Waals surface area contributed by atoms with E-state index in [2.05, 4.69) is 0 Å². The van der Waals surface area contributed by atoms with E-state index in [1.54, 1.807) is 36.4 Å². The summed E-state index contributed by atoms with van der Waals surface area (Å²) < 4.78 is 19.4. The van der Waals surface area contributed by atoms with Crippen molar-refractivity contribution in [3.8, 4) is 5.75 Å². The largest absolute Gasteiger partial charge is 0.482 e. The highest BCUT2D eigenvalue weighted by atomic mass is 32.2. The van der Waals surface area contributed by atoms with Crippen molar-refractivity contribution in [1.82, 2.24) is 0 Å². The Hall–Kier alpha value is -2.71. The Morgan fingerprint density at radius 2 is 2.04 bits per heavy atom. The first kappa shape index (κ1) is 18.1. The van der Waals surface area contributed by atoms with Crippen molar-refractivity contribution in [3.05, 3.63) is 64.8 Å². The van der Waals surface area contributed by atoms with Crippen LogP contribution < -0.4 is 9.64 Å². The summed E-state index contributed by atoms with van der Waals surface area (Å²) in [5, 5.41) is 8.66. The minimum atomic E-state index is -1.08. The van der Waals surface area contributed by atoms with Gasteiger partial charge in [-0.2, -0.15) is 0 Å². The predicted octanol–water partition coefficient (Wildman–Crippen LogP) is 3.69. The van der Waals surface area contributed by atoms with E-state index >= 15 is 0 Å². The molecule has 3 rings (SSSR count). The topological polar surface area (TPSA) is 66.8 Å². The van der Waals surface area contributed by atoms with Crippen molar-refractivity contribution in [1.29, 1.82) is 0 Å². The lowest BCUT2D eigenvalue weighted by Crippen LogP contribution is -2.28. The van der Waals surface area contributed by atoms with Crippen molar-refractivity contribution < 1.29 is 23.8 Å². The van der Waals surface area contributed by atoms with E-state index in [0.717, 1.165) is 16.7 Å². The van der Waals surface area contributed by atoms with Gasteiger partial charge in [0.05, 0.1) is 10.6 Å². The van der Waals surface area contributed by atoms with Crippen molar-refractivity contribution in [3.63, 3.8) is 0 Å². The van der Waals surface area contributed by atoms with Crippen LogP contribution in [0.25, 0.3) is 6.08 Å². The molecule has 1 saturated heterocycles. The van der Waals surface area contributed by atoms with E-state index in [-0.39, 0.29) is 10.0 Å². The molecule has 1 N–H and O–H groups in total. The van der Waals surface area contributed by atoms with Gasteiger partial charge < -0.3 is 9.84 Å². The van der Waals surface area contributed by atoms with Crippen molar-refractivity contribution >= 4 is 51.9 Å². The number of carbonyl (C=O) groups excluding carboxylic acids is 1. The summed E-state index contributed by atoms with van der Waals surface area (Å²) in [5.74, 6) is -1.66. The number of nitrogens with zero attached hydrogens (tertiary/aromatic N) is 1. The number of thioether (sulfide) groups is 1. The molecule has 1 heterocycles. The molecule has 5 nitrogen and oxygen atoms in total. The Balaban J connectivity index is 1.85. The number of aliphatic carboxylic acids is 1. The van der Waals surface area contributed by atoms with E-state index in [1.165, 1.54) is 18.2 Å². The molecule has 1 aliphatic rings. The Kier molecular flexibility index (Phi) is 5.34. The van der Waals surface area contributed by atoms with Gasteiger partial charge in [-0.15, -0.1) is 0 Å². The molecule has 0 unspecified atom stereocenters. The Bertz CT molecular complexity index is 929. The number of carboxylic acids is 1. The number of para-hydroxylation sites is 1. The summed E-state index contributed by atoms with van der Waals surface area (Å²) >= 11 is 6.29. The molecule has 1 aliphatic heterocycles. The molecule has 2 aromatic carbocycles. The molecule has 8 heteroatoms. The number of rotatable bonds is 5. The molecule has 0 bridgehead atoms. The van der Waals surface area contributed by atoms with Crippen LogP contribution in [0, 0.1) is 5.82 Å². The zero-order valence-corrected chi connectivity index (χ0v) is 14.8. The summed E-state index contributed by atoms with van der Waals surface area (Å²) in [6.07, 6.45) is 1.60. The molecule has 0 spiro atoms. The van der Waals surface area contributed by atoms with Gasteiger partial charge >= 0.3 is 5.97 Å². The smallest absolute Gasteiger partial charge is 0.341 e. The first-order valence-electron chi connectivity index (χ1n) is 7.43. The summed E-state index contributed by atoms with van der Waals surface area (Å²) in [7, 11) is 0. The first-order chi connectivity index (χ1) is 12.5. The van der Waals surface area contributed by atoms with Crippen LogP contribution in [0.4, 0.5) is 10.1 Å². The number of halogens is 1. The predicted molar refractivity (Wildman–Crippen MR) is 102 cm³/mol. The Labute approximate surface area is 158 Å². The van der Waals surface area contributed by atoms with Crippen LogP contribution >= 0.6 is 24.0 Å². The average Bonchev–Trinajstić information content (AvgIpc) is 2.88. The van der Waals surface area contributed by atoms with E-state index in [9.17, 15) is 14.0 Å². The van der Waals surface area contributed by atoms with Crippen molar-refractivity contribution in [2.75, 3.05) is 11.5 Å². The monoisotopic (exact) mass is 389 g/mol. The van der Waals surface area contributed by atoms with Gasteiger partial charge in [0.15, 0.2) is 10.9 Å². The van der Waals surface area contributed by atoms with Crippen LogP contribution in [0.5, 0.6) is 5.75 Å². The maximum Gasteiger partial charge on any atom is 0.341 e. The van der Waals surface area contributed by atoms with Gasteiger partial charge in [-0.25, -0.2) is 9.18 Å². The lowest BCUT2D eigenvalue weighted by Gasteiger charge is -2.14. The summed E-state index contributed by atoms with van der Waals surface area (Å²) in [5.41, 5.74) is 0.749. The second-order valence-electron chi connectivity index (χ2n) is 5.22. The fourth-order valence-electron chi connectivity index (χ4n) is 2.30. The number of benzene rings is 2. The number of carbonyl (C=O) groups is 2. The van der Waals surface area contributed by atoms with Crippen LogP contribution in [0.2, 0.25) is 0 Å². The minimum Gasteiger partial charge on any atom is -0.482 e. The van der Waals surface area contributed by atoms with Crippen LogP contribution in [-0.2, 0) is 9.59 Å². The van der Waals surface area contributed by atoms with Gasteiger partial charge in [0.25, 0.3) is 5.91 Å². The standard InChI is InChI=1S/C18H12FNO4S2/c19-13-6-1-2-7-14(13)20-17(23)15(26-18(20)25)9-11-4-3-5-12(8-11)24-10-16(21)22/h1-9H,10H2,(H,21,22). The van der Waals surface area contributed by atoms with Crippen molar-refractivity contribution in [2.45, 2.75) is 0 Å². The summed E-state index contributed by atoms with van der Waals surface area (Å²) in [6, 6.07) is 12.6. The molecule has 0 aromatic heterocycles. The number of amides is 1. The fraction of sp³-hybridized carbons (Fsp3) is 0.0556. The van der Waals surface area contributed by atoms with Gasteiger partial charge in [-0.3, -0.25) is 9.69 Å². The normalized spacial score (nSPS) is 15.6. The van der Waals surface area contributed by atoms with E-state index in [1.807, 2.05) is 0 Å².